The van der Waals surface area contributed by atoms with Crippen molar-refractivity contribution in [2.75, 3.05) is 6.54 Å². The Morgan fingerprint density at radius 3 is 2.95 bits per heavy atom. The van der Waals surface area contributed by atoms with Crippen molar-refractivity contribution in [1.29, 1.82) is 0 Å². The topological polar surface area (TPSA) is 39.1 Å². The summed E-state index contributed by atoms with van der Waals surface area (Å²) in [6.07, 6.45) is 4.79. The first-order valence-electron chi connectivity index (χ1n) is 7.35. The normalized spacial score (nSPS) is 10.8. The Labute approximate surface area is 131 Å². The molecule has 0 spiro atoms. The second kappa shape index (κ2) is 8.05. The van der Waals surface area contributed by atoms with Gasteiger partial charge in [-0.25, -0.2) is 4.98 Å². The zero-order chi connectivity index (χ0) is 15.1. The number of hydrogen-bond acceptors (Lipinski definition) is 3. The summed E-state index contributed by atoms with van der Waals surface area (Å²) in [6.45, 7) is 7.37. The van der Waals surface area contributed by atoms with Crippen LogP contribution in [0.25, 0.3) is 0 Å². The lowest BCUT2D eigenvalue weighted by atomic mass is 10.2. The summed E-state index contributed by atoms with van der Waals surface area (Å²) >= 11 is 6.06. The number of nitrogens with one attached hydrogen (secondary N) is 1. The minimum atomic E-state index is 0.515. The van der Waals surface area contributed by atoms with Crippen molar-refractivity contribution in [3.8, 4) is 5.75 Å². The maximum absolute atomic E-state index is 6.06. The maximum Gasteiger partial charge on any atom is 0.130 e. The van der Waals surface area contributed by atoms with Gasteiger partial charge in [0.05, 0.1) is 18.2 Å². The molecule has 2 rings (SSSR count). The average Bonchev–Trinajstić information content (AvgIpc) is 2.92. The fourth-order valence-electron chi connectivity index (χ4n) is 2.15. The molecule has 5 heteroatoms. The van der Waals surface area contributed by atoms with E-state index in [1.54, 1.807) is 0 Å². The average molecular weight is 308 g/mol. The van der Waals surface area contributed by atoms with Crippen LogP contribution in [0, 0.1) is 0 Å². The zero-order valence-electron chi connectivity index (χ0n) is 12.6. The summed E-state index contributed by atoms with van der Waals surface area (Å²) < 4.78 is 8.09. The number of halogens is 1. The Hall–Kier alpha value is -1.52. The Morgan fingerprint density at radius 2 is 2.19 bits per heavy atom. The minimum Gasteiger partial charge on any atom is -0.487 e. The number of nitrogens with zero attached hydrogens (tertiary/aromatic N) is 2. The molecule has 1 aromatic carbocycles. The number of hydrogen-bond donors (Lipinski definition) is 1. The monoisotopic (exact) mass is 307 g/mol. The zero-order valence-corrected chi connectivity index (χ0v) is 13.4. The van der Waals surface area contributed by atoms with Crippen LogP contribution in [0.4, 0.5) is 0 Å². The van der Waals surface area contributed by atoms with Gasteiger partial charge in [0.2, 0.25) is 0 Å². The van der Waals surface area contributed by atoms with Gasteiger partial charge in [0.25, 0.3) is 0 Å². The third kappa shape index (κ3) is 4.48. The van der Waals surface area contributed by atoms with Crippen molar-refractivity contribution >= 4 is 11.6 Å². The van der Waals surface area contributed by atoms with E-state index in [0.717, 1.165) is 48.1 Å². The van der Waals surface area contributed by atoms with E-state index in [1.165, 1.54) is 0 Å². The number of ether oxygens (including phenoxy) is 1. The summed E-state index contributed by atoms with van der Waals surface area (Å²) in [4.78, 5) is 4.19. The molecule has 1 N–H and O–H groups in total. The summed E-state index contributed by atoms with van der Waals surface area (Å²) in [5.41, 5.74) is 2.16. The number of benzene rings is 1. The molecule has 0 unspecified atom stereocenters. The van der Waals surface area contributed by atoms with Crippen LogP contribution in [-0.2, 0) is 19.7 Å². The lowest BCUT2D eigenvalue weighted by Gasteiger charge is -2.13. The van der Waals surface area contributed by atoms with Crippen molar-refractivity contribution in [2.45, 2.75) is 40.0 Å². The number of aromatic nitrogens is 2. The second-order valence-electron chi connectivity index (χ2n) is 4.90. The van der Waals surface area contributed by atoms with Crippen LogP contribution < -0.4 is 10.1 Å². The van der Waals surface area contributed by atoms with Gasteiger partial charge in [0.15, 0.2) is 0 Å². The van der Waals surface area contributed by atoms with Crippen molar-refractivity contribution in [1.82, 2.24) is 14.9 Å². The Bertz CT molecular complexity index is 568. The van der Waals surface area contributed by atoms with E-state index in [1.807, 2.05) is 30.7 Å². The summed E-state index contributed by atoms with van der Waals surface area (Å²) in [6, 6.07) is 5.73. The molecule has 1 aromatic heterocycles. The van der Waals surface area contributed by atoms with Gasteiger partial charge in [0.1, 0.15) is 12.4 Å². The lowest BCUT2D eigenvalue weighted by molar-refractivity contribution is 0.291. The molecule has 0 bridgehead atoms. The molecule has 21 heavy (non-hydrogen) atoms. The Morgan fingerprint density at radius 1 is 1.33 bits per heavy atom. The van der Waals surface area contributed by atoms with E-state index in [0.29, 0.717) is 6.61 Å². The highest BCUT2D eigenvalue weighted by Crippen LogP contribution is 2.23. The third-order valence-electron chi connectivity index (χ3n) is 3.23. The van der Waals surface area contributed by atoms with E-state index in [4.69, 9.17) is 16.3 Å². The van der Waals surface area contributed by atoms with Crippen LogP contribution in [0.5, 0.6) is 5.75 Å². The van der Waals surface area contributed by atoms with Gasteiger partial charge >= 0.3 is 0 Å². The van der Waals surface area contributed by atoms with Crippen molar-refractivity contribution < 1.29 is 4.74 Å². The van der Waals surface area contributed by atoms with E-state index >= 15 is 0 Å². The summed E-state index contributed by atoms with van der Waals surface area (Å²) in [5.74, 6) is 0.865. The van der Waals surface area contributed by atoms with E-state index in [9.17, 15) is 0 Å². The number of aryl methyl sites for hydroxylation is 1. The van der Waals surface area contributed by atoms with Crippen LogP contribution in [0.1, 0.15) is 31.5 Å². The maximum atomic E-state index is 6.06. The van der Waals surface area contributed by atoms with Crippen LogP contribution in [-0.4, -0.2) is 16.1 Å². The van der Waals surface area contributed by atoms with Crippen molar-refractivity contribution in [2.24, 2.45) is 0 Å². The predicted molar refractivity (Wildman–Crippen MR) is 85.7 cm³/mol. The molecular formula is C16H22ClN3O. The lowest BCUT2D eigenvalue weighted by Crippen LogP contribution is -2.13. The Balaban J connectivity index is 2.06. The van der Waals surface area contributed by atoms with Gasteiger partial charge < -0.3 is 14.6 Å². The summed E-state index contributed by atoms with van der Waals surface area (Å²) in [7, 11) is 0. The van der Waals surface area contributed by atoms with Gasteiger partial charge in [-0.05, 0) is 31.2 Å². The van der Waals surface area contributed by atoms with Crippen LogP contribution in [0.2, 0.25) is 5.02 Å². The van der Waals surface area contributed by atoms with Gasteiger partial charge in [-0.1, -0.05) is 25.4 Å². The third-order valence-corrected chi connectivity index (χ3v) is 3.46. The molecule has 4 nitrogen and oxygen atoms in total. The molecule has 0 fully saturated rings. The molecule has 0 saturated heterocycles. The van der Waals surface area contributed by atoms with Gasteiger partial charge in [-0.15, -0.1) is 0 Å². The van der Waals surface area contributed by atoms with Gasteiger partial charge in [0, 0.05) is 23.7 Å². The van der Waals surface area contributed by atoms with Gasteiger partial charge in [-0.3, -0.25) is 0 Å². The molecular weight excluding hydrogens is 286 g/mol. The quantitative estimate of drug-likeness (QED) is 0.809. The SMILES string of the molecule is CCCn1cncc1COc1ccc(Cl)cc1CNCC. The molecule has 0 aliphatic heterocycles. The van der Waals surface area contributed by atoms with Crippen LogP contribution in [0.15, 0.2) is 30.7 Å². The summed E-state index contributed by atoms with van der Waals surface area (Å²) in [5, 5.41) is 4.03. The van der Waals surface area contributed by atoms with Crippen LogP contribution in [0.3, 0.4) is 0 Å². The largest absolute Gasteiger partial charge is 0.487 e. The van der Waals surface area contributed by atoms with E-state index in [-0.39, 0.29) is 0 Å². The first-order chi connectivity index (χ1) is 10.2. The molecule has 0 atom stereocenters. The fraction of sp³-hybridized carbons (Fsp3) is 0.438. The van der Waals surface area contributed by atoms with E-state index in [2.05, 4.69) is 28.7 Å². The first kappa shape index (κ1) is 15.9. The molecule has 2 aromatic rings. The molecule has 0 aliphatic rings. The smallest absolute Gasteiger partial charge is 0.130 e. The number of imidazole rings is 1. The highest BCUT2D eigenvalue weighted by Gasteiger charge is 2.07. The van der Waals surface area contributed by atoms with Gasteiger partial charge in [-0.2, -0.15) is 0 Å². The highest BCUT2D eigenvalue weighted by atomic mass is 35.5. The Kier molecular flexibility index (Phi) is 6.08. The van der Waals surface area contributed by atoms with E-state index < -0.39 is 0 Å². The standard InChI is InChI=1S/C16H22ClN3O/c1-3-7-20-12-19-10-15(20)11-21-16-6-5-14(17)8-13(16)9-18-4-2/h5-6,8,10,12,18H,3-4,7,9,11H2,1-2H3. The molecule has 0 aliphatic carbocycles. The predicted octanol–water partition coefficient (Wildman–Crippen LogP) is 3.64. The molecule has 114 valence electrons. The molecule has 0 amide bonds. The molecule has 1 heterocycles. The minimum absolute atomic E-state index is 0.515. The first-order valence-corrected chi connectivity index (χ1v) is 7.73. The van der Waals surface area contributed by atoms with Crippen molar-refractivity contribution in [3.63, 3.8) is 0 Å². The highest BCUT2D eigenvalue weighted by molar-refractivity contribution is 6.30. The fourth-order valence-corrected chi connectivity index (χ4v) is 2.34. The van der Waals surface area contributed by atoms with Crippen LogP contribution >= 0.6 is 11.6 Å². The second-order valence-corrected chi connectivity index (χ2v) is 5.34. The van der Waals surface area contributed by atoms with Crippen molar-refractivity contribution in [3.05, 3.63) is 47.0 Å². The molecule has 0 saturated carbocycles. The molecule has 0 radical (unpaired) electrons. The number of rotatable bonds is 8.